The van der Waals surface area contributed by atoms with E-state index in [4.69, 9.17) is 4.74 Å². The van der Waals surface area contributed by atoms with Gasteiger partial charge in [0.15, 0.2) is 0 Å². The zero-order valence-electron chi connectivity index (χ0n) is 16.6. The number of phenolic OH excluding ortho intramolecular Hbond substituents is 1. The van der Waals surface area contributed by atoms with Crippen molar-refractivity contribution in [2.45, 2.75) is 58.6 Å². The molecular formula is C21H26N2O4. The molecule has 0 spiro atoms. The topological polar surface area (TPSA) is 84.6 Å². The number of aromatic hydroxyl groups is 1. The van der Waals surface area contributed by atoms with E-state index < -0.39 is 11.2 Å². The van der Waals surface area contributed by atoms with Gasteiger partial charge < -0.3 is 15.2 Å². The minimum absolute atomic E-state index is 0.0392. The molecule has 0 fully saturated rings. The average molecular weight is 370 g/mol. The molecule has 3 rings (SSSR count). The van der Waals surface area contributed by atoms with Gasteiger partial charge in [0.2, 0.25) is 12.0 Å². The summed E-state index contributed by atoms with van der Waals surface area (Å²) in [4.78, 5) is 10.5. The number of phenols is 1. The normalized spacial score (nSPS) is 16.4. The highest BCUT2D eigenvalue weighted by Crippen LogP contribution is 2.48. The maximum Gasteiger partial charge on any atom is 0.311 e. The van der Waals surface area contributed by atoms with Gasteiger partial charge in [-0.3, -0.25) is 10.1 Å². The molecule has 0 amide bonds. The smallest absolute Gasteiger partial charge is 0.311 e. The molecule has 144 valence electrons. The van der Waals surface area contributed by atoms with E-state index in [1.165, 1.54) is 11.6 Å². The van der Waals surface area contributed by atoms with Crippen LogP contribution in [-0.2, 0) is 10.8 Å². The van der Waals surface area contributed by atoms with Crippen molar-refractivity contribution in [2.24, 2.45) is 0 Å². The van der Waals surface area contributed by atoms with E-state index >= 15 is 0 Å². The van der Waals surface area contributed by atoms with E-state index in [1.807, 2.05) is 0 Å². The van der Waals surface area contributed by atoms with Crippen molar-refractivity contribution in [3.8, 4) is 11.5 Å². The fourth-order valence-electron chi connectivity index (χ4n) is 3.19. The van der Waals surface area contributed by atoms with E-state index in [9.17, 15) is 15.2 Å². The zero-order valence-corrected chi connectivity index (χ0v) is 16.6. The second-order valence-corrected chi connectivity index (χ2v) is 9.01. The summed E-state index contributed by atoms with van der Waals surface area (Å²) >= 11 is 0. The molecule has 1 heterocycles. The van der Waals surface area contributed by atoms with Crippen molar-refractivity contribution >= 4 is 11.4 Å². The molecule has 0 aliphatic carbocycles. The third-order valence-electron chi connectivity index (χ3n) is 4.81. The van der Waals surface area contributed by atoms with Crippen LogP contribution in [0.15, 0.2) is 30.3 Å². The first-order valence-corrected chi connectivity index (χ1v) is 8.98. The predicted octanol–water partition coefficient (Wildman–Crippen LogP) is 5.40. The van der Waals surface area contributed by atoms with Crippen LogP contribution < -0.4 is 10.1 Å². The minimum atomic E-state index is -0.684. The number of rotatable bonds is 2. The highest BCUT2D eigenvalue weighted by Gasteiger charge is 2.34. The van der Waals surface area contributed by atoms with Crippen LogP contribution >= 0.6 is 0 Å². The van der Waals surface area contributed by atoms with Crippen LogP contribution in [-0.4, -0.2) is 10.0 Å². The van der Waals surface area contributed by atoms with Crippen molar-refractivity contribution in [1.29, 1.82) is 0 Å². The molecule has 1 aliphatic rings. The first-order valence-electron chi connectivity index (χ1n) is 8.98. The Kier molecular flexibility index (Phi) is 4.33. The van der Waals surface area contributed by atoms with Gasteiger partial charge in [0.25, 0.3) is 0 Å². The van der Waals surface area contributed by atoms with Gasteiger partial charge in [0.05, 0.1) is 16.2 Å². The lowest BCUT2D eigenvalue weighted by Gasteiger charge is -2.26. The lowest BCUT2D eigenvalue weighted by atomic mass is 9.80. The number of fused-ring (bicyclic) bond motifs is 1. The summed E-state index contributed by atoms with van der Waals surface area (Å²) in [6.45, 7) is 12.8. The molecule has 6 nitrogen and oxygen atoms in total. The SMILES string of the molecule is CC(C)(C)c1cc2c(c(C(C)(C)C)c1)OC(c1cccc([N+](=O)[O-])c1O)N2. The van der Waals surface area contributed by atoms with Crippen LogP contribution in [0.5, 0.6) is 11.5 Å². The van der Waals surface area contributed by atoms with Gasteiger partial charge in [-0.2, -0.15) is 0 Å². The molecule has 1 unspecified atom stereocenters. The van der Waals surface area contributed by atoms with Crippen LogP contribution in [0.4, 0.5) is 11.4 Å². The van der Waals surface area contributed by atoms with Crippen LogP contribution in [0.1, 0.15) is 64.5 Å². The Balaban J connectivity index is 2.09. The number of para-hydroxylation sites is 1. The maximum absolute atomic E-state index is 11.1. The van der Waals surface area contributed by atoms with Crippen molar-refractivity contribution in [3.05, 3.63) is 57.1 Å². The number of nitrogens with one attached hydrogen (secondary N) is 1. The molecule has 1 atom stereocenters. The average Bonchev–Trinajstić information content (AvgIpc) is 2.95. The molecule has 0 saturated carbocycles. The molecule has 0 aromatic heterocycles. The highest BCUT2D eigenvalue weighted by molar-refractivity contribution is 5.69. The number of anilines is 1. The zero-order chi connectivity index (χ0) is 20.1. The molecule has 0 radical (unpaired) electrons. The minimum Gasteiger partial charge on any atom is -0.502 e. The third-order valence-corrected chi connectivity index (χ3v) is 4.81. The van der Waals surface area contributed by atoms with Gasteiger partial charge >= 0.3 is 5.69 Å². The van der Waals surface area contributed by atoms with Crippen molar-refractivity contribution in [1.82, 2.24) is 0 Å². The van der Waals surface area contributed by atoms with Crippen LogP contribution in [0.2, 0.25) is 0 Å². The number of hydrogen-bond donors (Lipinski definition) is 2. The summed E-state index contributed by atoms with van der Waals surface area (Å²) in [5, 5.41) is 24.8. The van der Waals surface area contributed by atoms with E-state index in [2.05, 4.69) is 59.0 Å². The molecule has 2 N–H and O–H groups in total. The summed E-state index contributed by atoms with van der Waals surface area (Å²) in [5.41, 5.74) is 2.90. The monoisotopic (exact) mass is 370 g/mol. The lowest BCUT2D eigenvalue weighted by Crippen LogP contribution is -2.17. The molecule has 2 aromatic rings. The Morgan fingerprint density at radius 3 is 2.33 bits per heavy atom. The van der Waals surface area contributed by atoms with E-state index in [0.29, 0.717) is 5.56 Å². The van der Waals surface area contributed by atoms with E-state index in [-0.39, 0.29) is 22.3 Å². The Hall–Kier alpha value is -2.76. The predicted molar refractivity (Wildman–Crippen MR) is 106 cm³/mol. The molecule has 0 bridgehead atoms. The summed E-state index contributed by atoms with van der Waals surface area (Å²) in [7, 11) is 0. The number of nitrogens with zero attached hydrogens (tertiary/aromatic N) is 1. The molecule has 0 saturated heterocycles. The number of ether oxygens (including phenoxy) is 1. The number of nitro groups is 1. The van der Waals surface area contributed by atoms with Gasteiger partial charge in [-0.1, -0.05) is 53.7 Å². The van der Waals surface area contributed by atoms with Gasteiger partial charge in [0, 0.05) is 11.6 Å². The fraction of sp³-hybridized carbons (Fsp3) is 0.429. The van der Waals surface area contributed by atoms with Crippen LogP contribution in [0, 0.1) is 10.1 Å². The van der Waals surface area contributed by atoms with Crippen molar-refractivity contribution in [2.75, 3.05) is 5.32 Å². The van der Waals surface area contributed by atoms with Gasteiger partial charge in [-0.25, -0.2) is 0 Å². The van der Waals surface area contributed by atoms with Crippen LogP contribution in [0.3, 0.4) is 0 Å². The Morgan fingerprint density at radius 1 is 1.11 bits per heavy atom. The second-order valence-electron chi connectivity index (χ2n) is 9.01. The number of benzene rings is 2. The standard InChI is InChI=1S/C21H26N2O4/c1-20(2,3)12-10-14(21(4,5)6)18-15(11-12)22-19(27-18)13-8-7-9-16(17(13)24)23(25)26/h7-11,19,22,24H,1-6H3. The fourth-order valence-corrected chi connectivity index (χ4v) is 3.19. The molecule has 27 heavy (non-hydrogen) atoms. The summed E-state index contributed by atoms with van der Waals surface area (Å²) < 4.78 is 6.14. The van der Waals surface area contributed by atoms with Crippen molar-refractivity contribution < 1.29 is 14.8 Å². The number of hydrogen-bond acceptors (Lipinski definition) is 5. The van der Waals surface area contributed by atoms with Crippen molar-refractivity contribution in [3.63, 3.8) is 0 Å². The Labute approximate surface area is 159 Å². The van der Waals surface area contributed by atoms with Gasteiger partial charge in [-0.05, 0) is 28.5 Å². The summed E-state index contributed by atoms with van der Waals surface area (Å²) in [5.74, 6) is 0.354. The summed E-state index contributed by atoms with van der Waals surface area (Å²) in [6, 6.07) is 8.67. The van der Waals surface area contributed by atoms with Gasteiger partial charge in [0.1, 0.15) is 5.75 Å². The quantitative estimate of drug-likeness (QED) is 0.546. The largest absolute Gasteiger partial charge is 0.502 e. The third kappa shape index (κ3) is 3.44. The van der Waals surface area contributed by atoms with Gasteiger partial charge in [-0.15, -0.1) is 0 Å². The highest BCUT2D eigenvalue weighted by atomic mass is 16.6. The molecule has 1 aliphatic heterocycles. The van der Waals surface area contributed by atoms with E-state index in [0.717, 1.165) is 17.0 Å². The maximum atomic E-state index is 11.1. The molecule has 2 aromatic carbocycles. The summed E-state index contributed by atoms with van der Waals surface area (Å²) in [6.07, 6.45) is -0.684. The second kappa shape index (κ2) is 6.15. The van der Waals surface area contributed by atoms with E-state index in [1.54, 1.807) is 12.1 Å². The Morgan fingerprint density at radius 2 is 1.78 bits per heavy atom. The molecular weight excluding hydrogens is 344 g/mol. The lowest BCUT2D eigenvalue weighted by molar-refractivity contribution is -0.386. The molecule has 6 heteroatoms. The Bertz CT molecular complexity index is 908. The first kappa shape index (κ1) is 19.0. The van der Waals surface area contributed by atoms with Crippen LogP contribution in [0.25, 0.3) is 0 Å². The number of nitro benzene ring substituents is 1. The first-order chi connectivity index (χ1) is 12.4.